The number of carbonyl (C=O) groups is 1. The Morgan fingerprint density at radius 2 is 2.00 bits per heavy atom. The van der Waals surface area contributed by atoms with Crippen LogP contribution in [0.4, 0.5) is 5.69 Å². The van der Waals surface area contributed by atoms with Crippen LogP contribution in [0.3, 0.4) is 0 Å². The summed E-state index contributed by atoms with van der Waals surface area (Å²) in [6.45, 7) is 2.64. The number of nitrogens with zero attached hydrogens (tertiary/aromatic N) is 1. The summed E-state index contributed by atoms with van der Waals surface area (Å²) < 4.78 is 5.03. The Hall–Kier alpha value is -2.14. The molecule has 2 aromatic rings. The van der Waals surface area contributed by atoms with Crippen molar-refractivity contribution in [3.05, 3.63) is 54.5 Å². The summed E-state index contributed by atoms with van der Waals surface area (Å²) in [7, 11) is 0. The van der Waals surface area contributed by atoms with Crippen molar-refractivity contribution in [1.82, 2.24) is 5.32 Å². The minimum absolute atomic E-state index is 0.242. The van der Waals surface area contributed by atoms with Crippen LogP contribution in [-0.2, 0) is 0 Å². The van der Waals surface area contributed by atoms with Crippen molar-refractivity contribution >= 4 is 28.9 Å². The summed E-state index contributed by atoms with van der Waals surface area (Å²) in [5, 5.41) is 3.01. The van der Waals surface area contributed by atoms with Gasteiger partial charge in [0, 0.05) is 12.2 Å². The van der Waals surface area contributed by atoms with Crippen molar-refractivity contribution < 1.29 is 9.21 Å². The largest absolute Gasteiger partial charge is 0.459 e. The van der Waals surface area contributed by atoms with Crippen LogP contribution in [0.5, 0.6) is 0 Å². The smallest absolute Gasteiger partial charge is 0.293 e. The predicted molar refractivity (Wildman–Crippen MR) is 78.2 cm³/mol. The maximum Gasteiger partial charge on any atom is 0.293 e. The zero-order valence-electron chi connectivity index (χ0n) is 10.5. The molecule has 19 heavy (non-hydrogen) atoms. The van der Waals surface area contributed by atoms with Crippen molar-refractivity contribution in [2.24, 2.45) is 0 Å². The number of nitrogens with one attached hydrogen (secondary N) is 1. The monoisotopic (exact) mass is 274 g/mol. The van der Waals surface area contributed by atoms with E-state index in [4.69, 9.17) is 16.6 Å². The van der Waals surface area contributed by atoms with E-state index in [1.165, 1.54) is 6.26 Å². The zero-order chi connectivity index (χ0) is 13.7. The van der Waals surface area contributed by atoms with Crippen LogP contribution in [0.2, 0.25) is 0 Å². The van der Waals surface area contributed by atoms with Crippen LogP contribution in [-0.4, -0.2) is 17.6 Å². The molecule has 0 atom stereocenters. The third-order valence-corrected chi connectivity index (χ3v) is 2.92. The van der Waals surface area contributed by atoms with Gasteiger partial charge in [-0.1, -0.05) is 18.2 Å². The molecule has 1 N–H and O–H groups in total. The number of carbonyl (C=O) groups excluding carboxylic acids is 1. The molecule has 0 saturated carbocycles. The standard InChI is InChI=1S/C14H14N2O2S/c1-2-16(11-7-4-3-5-8-11)14(19)15-13(17)12-9-6-10-18-12/h3-10H,2H2,1H3,(H,15,17,19). The van der Waals surface area contributed by atoms with Gasteiger partial charge in [-0.15, -0.1) is 0 Å². The van der Waals surface area contributed by atoms with Gasteiger partial charge < -0.3 is 9.32 Å². The number of benzene rings is 1. The van der Waals surface area contributed by atoms with E-state index in [1.807, 2.05) is 42.2 Å². The molecule has 1 aromatic carbocycles. The fraction of sp³-hybridized carbons (Fsp3) is 0.143. The lowest BCUT2D eigenvalue weighted by Gasteiger charge is -2.23. The molecule has 0 aliphatic carbocycles. The first kappa shape index (κ1) is 13.3. The van der Waals surface area contributed by atoms with Crippen LogP contribution in [0.1, 0.15) is 17.5 Å². The summed E-state index contributed by atoms with van der Waals surface area (Å²) in [5.41, 5.74) is 0.940. The Kier molecular flexibility index (Phi) is 4.30. The summed E-state index contributed by atoms with van der Waals surface area (Å²) in [5.74, 6) is -0.101. The molecule has 1 heterocycles. The van der Waals surface area contributed by atoms with E-state index in [-0.39, 0.29) is 11.7 Å². The highest BCUT2D eigenvalue weighted by Crippen LogP contribution is 2.13. The first-order chi connectivity index (χ1) is 9.22. The van der Waals surface area contributed by atoms with Crippen molar-refractivity contribution in [2.45, 2.75) is 6.92 Å². The van der Waals surface area contributed by atoms with Gasteiger partial charge in [0.2, 0.25) is 0 Å². The molecule has 98 valence electrons. The number of thiocarbonyl (C=S) groups is 1. The molecule has 0 bridgehead atoms. The van der Waals surface area contributed by atoms with Gasteiger partial charge in [-0.3, -0.25) is 10.1 Å². The molecule has 0 spiro atoms. The quantitative estimate of drug-likeness (QED) is 0.874. The van der Waals surface area contributed by atoms with Crippen LogP contribution in [0.15, 0.2) is 53.1 Å². The van der Waals surface area contributed by atoms with E-state index in [0.717, 1.165) is 5.69 Å². The average molecular weight is 274 g/mol. The van der Waals surface area contributed by atoms with Crippen LogP contribution < -0.4 is 10.2 Å². The van der Waals surface area contributed by atoms with Crippen LogP contribution in [0.25, 0.3) is 0 Å². The SMILES string of the molecule is CCN(C(=S)NC(=O)c1ccco1)c1ccccc1. The highest BCUT2D eigenvalue weighted by Gasteiger charge is 2.15. The Balaban J connectivity index is 2.08. The third kappa shape index (κ3) is 3.20. The van der Waals surface area contributed by atoms with Gasteiger partial charge in [-0.2, -0.15) is 0 Å². The third-order valence-electron chi connectivity index (χ3n) is 2.59. The number of furan rings is 1. The van der Waals surface area contributed by atoms with E-state index in [1.54, 1.807) is 12.1 Å². The van der Waals surface area contributed by atoms with Crippen LogP contribution in [0, 0.1) is 0 Å². The molecule has 1 aromatic heterocycles. The zero-order valence-corrected chi connectivity index (χ0v) is 11.3. The molecule has 0 aliphatic heterocycles. The minimum Gasteiger partial charge on any atom is -0.459 e. The Labute approximate surface area is 117 Å². The second-order valence-electron chi connectivity index (χ2n) is 3.82. The lowest BCUT2D eigenvalue weighted by atomic mass is 10.3. The number of para-hydroxylation sites is 1. The molecule has 0 aliphatic rings. The molecular weight excluding hydrogens is 260 g/mol. The summed E-state index contributed by atoms with van der Waals surface area (Å²) in [4.78, 5) is 13.7. The summed E-state index contributed by atoms with van der Waals surface area (Å²) in [6.07, 6.45) is 1.45. The molecule has 2 rings (SSSR count). The topological polar surface area (TPSA) is 45.5 Å². The summed E-state index contributed by atoms with van der Waals surface area (Å²) >= 11 is 5.26. The number of rotatable bonds is 3. The Bertz CT molecular complexity index is 552. The number of amides is 1. The number of hydrogen-bond acceptors (Lipinski definition) is 3. The highest BCUT2D eigenvalue weighted by atomic mass is 32.1. The Morgan fingerprint density at radius 3 is 2.58 bits per heavy atom. The van der Waals surface area contributed by atoms with Gasteiger partial charge in [0.25, 0.3) is 5.91 Å². The molecule has 0 saturated heterocycles. The van der Waals surface area contributed by atoms with Crippen molar-refractivity contribution in [3.8, 4) is 0 Å². The number of hydrogen-bond donors (Lipinski definition) is 1. The lowest BCUT2D eigenvalue weighted by Crippen LogP contribution is -2.42. The second kappa shape index (κ2) is 6.15. The fourth-order valence-corrected chi connectivity index (χ4v) is 2.01. The Morgan fingerprint density at radius 1 is 1.26 bits per heavy atom. The minimum atomic E-state index is -0.343. The van der Waals surface area contributed by atoms with Crippen LogP contribution >= 0.6 is 12.2 Å². The summed E-state index contributed by atoms with van der Waals surface area (Å²) in [6, 6.07) is 12.9. The molecule has 5 heteroatoms. The van der Waals surface area contributed by atoms with Crippen molar-refractivity contribution in [3.63, 3.8) is 0 Å². The van der Waals surface area contributed by atoms with E-state index < -0.39 is 0 Å². The normalized spacial score (nSPS) is 9.95. The lowest BCUT2D eigenvalue weighted by molar-refractivity contribution is 0.0950. The van der Waals surface area contributed by atoms with Gasteiger partial charge in [0.15, 0.2) is 10.9 Å². The van der Waals surface area contributed by atoms with E-state index in [2.05, 4.69) is 5.32 Å². The molecule has 0 fully saturated rings. The maximum absolute atomic E-state index is 11.8. The van der Waals surface area contributed by atoms with E-state index in [0.29, 0.717) is 11.7 Å². The predicted octanol–water partition coefficient (Wildman–Crippen LogP) is 2.82. The van der Waals surface area contributed by atoms with Gasteiger partial charge in [0.1, 0.15) is 0 Å². The molecule has 4 nitrogen and oxygen atoms in total. The van der Waals surface area contributed by atoms with Gasteiger partial charge in [-0.05, 0) is 43.4 Å². The first-order valence-electron chi connectivity index (χ1n) is 5.93. The highest BCUT2D eigenvalue weighted by molar-refractivity contribution is 7.80. The molecular formula is C14H14N2O2S. The molecule has 0 unspecified atom stereocenters. The average Bonchev–Trinajstić information content (AvgIpc) is 2.94. The van der Waals surface area contributed by atoms with Gasteiger partial charge in [-0.25, -0.2) is 0 Å². The number of anilines is 1. The first-order valence-corrected chi connectivity index (χ1v) is 6.34. The van der Waals surface area contributed by atoms with Gasteiger partial charge >= 0.3 is 0 Å². The fourth-order valence-electron chi connectivity index (χ4n) is 1.69. The molecule has 1 amide bonds. The van der Waals surface area contributed by atoms with E-state index >= 15 is 0 Å². The second-order valence-corrected chi connectivity index (χ2v) is 4.20. The van der Waals surface area contributed by atoms with Crippen molar-refractivity contribution in [1.29, 1.82) is 0 Å². The molecule has 0 radical (unpaired) electrons. The maximum atomic E-state index is 11.8. The van der Waals surface area contributed by atoms with E-state index in [9.17, 15) is 4.79 Å². The van der Waals surface area contributed by atoms with Crippen molar-refractivity contribution in [2.75, 3.05) is 11.4 Å². The van der Waals surface area contributed by atoms with Gasteiger partial charge in [0.05, 0.1) is 6.26 Å².